The van der Waals surface area contributed by atoms with E-state index in [1.54, 1.807) is 21.3 Å². The van der Waals surface area contributed by atoms with E-state index >= 15 is 0 Å². The Morgan fingerprint density at radius 2 is 1.24 bits per heavy atom. The van der Waals surface area contributed by atoms with E-state index in [9.17, 15) is 43.2 Å². The molecule has 0 aliphatic heterocycles. The molecule has 0 bridgehead atoms. The number of hydrogen-bond acceptors (Lipinski definition) is 7. The second-order valence-corrected chi connectivity index (χ2v) is 12.8. The summed E-state index contributed by atoms with van der Waals surface area (Å²) in [6.07, 6.45) is 6.37. The van der Waals surface area contributed by atoms with Crippen LogP contribution < -0.4 is 4.57 Å². The van der Waals surface area contributed by atoms with E-state index in [0.29, 0.717) is 0 Å². The Labute approximate surface area is 189 Å². The van der Waals surface area contributed by atoms with Gasteiger partial charge in [-0.3, -0.25) is 0 Å². The molecule has 0 amide bonds. The second kappa shape index (κ2) is 12.4. The molecule has 0 unspecified atom stereocenters. The summed E-state index contributed by atoms with van der Waals surface area (Å²) in [5, 5.41) is 0. The number of aromatic nitrogens is 1. The maximum atomic E-state index is 11.4. The molecule has 1 rings (SSSR count). The summed E-state index contributed by atoms with van der Waals surface area (Å²) in [5.41, 5.74) is -11.1. The van der Waals surface area contributed by atoms with E-state index in [2.05, 4.69) is 36.0 Å². The molecule has 9 nitrogen and oxygen atoms in total. The molecule has 1 heterocycles. The van der Waals surface area contributed by atoms with Crippen molar-refractivity contribution in [2.24, 2.45) is 0 Å². The minimum Gasteiger partial charge on any atom is -0.421 e. The summed E-state index contributed by atoms with van der Waals surface area (Å²) in [6.45, 7) is 3.11. The molecule has 0 saturated heterocycles. The number of halogens is 6. The molecule has 0 fully saturated rings. The zero-order valence-corrected chi connectivity index (χ0v) is 20.6. The van der Waals surface area contributed by atoms with Crippen LogP contribution in [0.15, 0.2) is 24.5 Å². The molecule has 0 atom stereocenters. The Balaban J connectivity index is 0.000000633. The zero-order chi connectivity index (χ0) is 26.1. The van der Waals surface area contributed by atoms with Crippen molar-refractivity contribution in [3.05, 3.63) is 34.2 Å². The fourth-order valence-electron chi connectivity index (χ4n) is 2.09. The highest BCUT2D eigenvalue weighted by molar-refractivity contribution is 8.13. The molecular weight excluding hydrogens is 526 g/mol. The molecule has 194 valence electrons. The average Bonchev–Trinajstić information content (AvgIpc) is 2.68. The number of alkyl halides is 6. The molecule has 33 heavy (non-hydrogen) atoms. The lowest BCUT2D eigenvalue weighted by Crippen LogP contribution is -2.42. The lowest BCUT2D eigenvalue weighted by atomic mass is 10.3. The Kier molecular flexibility index (Phi) is 11.9. The van der Waals surface area contributed by atoms with Crippen molar-refractivity contribution in [2.75, 3.05) is 21.3 Å². The first-order valence-corrected chi connectivity index (χ1v) is 13.7. The number of rotatable bonds is 10. The van der Waals surface area contributed by atoms with Gasteiger partial charge in [-0.2, -0.15) is 26.3 Å². The van der Waals surface area contributed by atoms with Crippen LogP contribution in [0.2, 0.25) is 6.04 Å². The third-order valence-electron chi connectivity index (χ3n) is 3.92. The third-order valence-corrected chi connectivity index (χ3v) is 9.49. The van der Waals surface area contributed by atoms with Crippen LogP contribution in [-0.4, -0.2) is 58.0 Å². The van der Waals surface area contributed by atoms with Gasteiger partial charge in [0.1, 0.15) is 6.54 Å². The lowest BCUT2D eigenvalue weighted by Gasteiger charge is -2.23. The van der Waals surface area contributed by atoms with Crippen molar-refractivity contribution < 1.29 is 61.0 Å². The molecule has 18 heteroatoms. The van der Waals surface area contributed by atoms with Crippen molar-refractivity contribution >= 4 is 28.9 Å². The predicted octanol–water partition coefficient (Wildman–Crippen LogP) is 3.00. The van der Waals surface area contributed by atoms with Crippen LogP contribution in [-0.2, 0) is 39.9 Å². The van der Waals surface area contributed by atoms with Crippen molar-refractivity contribution in [1.29, 1.82) is 0 Å². The van der Waals surface area contributed by atoms with Crippen LogP contribution in [0.25, 0.3) is 4.13 Å². The molecule has 0 N–H and O–H groups in total. The van der Waals surface area contributed by atoms with Gasteiger partial charge >= 0.3 is 19.8 Å². The topological polar surface area (TPSA) is 114 Å². The standard InChI is InChI=1S/C13H24NO3Si.C2F6NO4S2/c1-13-7-10-14(11-8-13)9-5-6-12-18(15-2,16-3)17-4;3-1(4,5)14(10,11)9-15(12,13)2(6,7)8/h7-8,10-11H,5-6,9,12H2,1-4H3;/q+1;-1. The Bertz CT molecular complexity index is 885. The summed E-state index contributed by atoms with van der Waals surface area (Å²) in [5.74, 6) is 0. The van der Waals surface area contributed by atoms with Crippen LogP contribution in [0.1, 0.15) is 18.4 Å². The Hall–Kier alpha value is -1.31. The fourth-order valence-corrected chi connectivity index (χ4v) is 5.59. The fraction of sp³-hybridized carbons (Fsp3) is 0.667. The maximum absolute atomic E-state index is 11.4. The first-order valence-electron chi connectivity index (χ1n) is 8.84. The highest BCUT2D eigenvalue weighted by Gasteiger charge is 2.47. The summed E-state index contributed by atoms with van der Waals surface area (Å²) in [7, 11) is -10.8. The molecule has 0 aliphatic carbocycles. The molecule has 0 radical (unpaired) electrons. The minimum atomic E-state index is -6.72. The molecule has 1 aromatic heterocycles. The van der Waals surface area contributed by atoms with Gasteiger partial charge in [0.25, 0.3) is 0 Å². The largest absolute Gasteiger partial charge is 0.500 e. The smallest absolute Gasteiger partial charge is 0.421 e. The van der Waals surface area contributed by atoms with Crippen molar-refractivity contribution in [1.82, 2.24) is 0 Å². The minimum absolute atomic E-state index is 0.778. The molecule has 1 aromatic rings. The van der Waals surface area contributed by atoms with Crippen LogP contribution in [0.4, 0.5) is 26.3 Å². The summed E-state index contributed by atoms with van der Waals surface area (Å²) < 4.78 is 128. The molecular formula is C15H24F6N2O7S2Si. The Morgan fingerprint density at radius 1 is 0.848 bits per heavy atom. The van der Waals surface area contributed by atoms with Crippen LogP contribution in [0.3, 0.4) is 0 Å². The number of aryl methyl sites for hydroxylation is 2. The number of sulfonamides is 2. The van der Waals surface area contributed by atoms with Gasteiger partial charge in [0.15, 0.2) is 32.4 Å². The van der Waals surface area contributed by atoms with Gasteiger partial charge < -0.3 is 17.4 Å². The second-order valence-electron chi connectivity index (χ2n) is 6.28. The van der Waals surface area contributed by atoms with Gasteiger partial charge in [-0.25, -0.2) is 21.4 Å². The van der Waals surface area contributed by atoms with Crippen LogP contribution in [0, 0.1) is 6.92 Å². The average molecular weight is 551 g/mol. The van der Waals surface area contributed by atoms with Gasteiger partial charge in [0.2, 0.25) is 0 Å². The van der Waals surface area contributed by atoms with E-state index in [1.165, 1.54) is 5.56 Å². The highest BCUT2D eigenvalue weighted by Crippen LogP contribution is 2.36. The van der Waals surface area contributed by atoms with Crippen molar-refractivity contribution in [3.8, 4) is 0 Å². The number of pyridine rings is 1. The van der Waals surface area contributed by atoms with E-state index < -0.39 is 39.9 Å². The predicted molar refractivity (Wildman–Crippen MR) is 106 cm³/mol. The lowest BCUT2D eigenvalue weighted by molar-refractivity contribution is -0.697. The number of unbranched alkanes of at least 4 members (excludes halogenated alkanes) is 1. The first-order chi connectivity index (χ1) is 14.9. The monoisotopic (exact) mass is 550 g/mol. The van der Waals surface area contributed by atoms with Gasteiger partial charge in [-0.1, -0.05) is 0 Å². The molecule has 0 aromatic carbocycles. The van der Waals surface area contributed by atoms with E-state index in [-0.39, 0.29) is 0 Å². The summed E-state index contributed by atoms with van der Waals surface area (Å²) >= 11 is 0. The van der Waals surface area contributed by atoms with Crippen LogP contribution in [0.5, 0.6) is 0 Å². The molecule has 0 saturated carbocycles. The quantitative estimate of drug-likeness (QED) is 0.190. The first kappa shape index (κ1) is 31.7. The van der Waals surface area contributed by atoms with E-state index in [4.69, 9.17) is 13.3 Å². The van der Waals surface area contributed by atoms with Gasteiger partial charge in [0, 0.05) is 45.9 Å². The normalized spacial score (nSPS) is 13.4. The number of hydrogen-bond donors (Lipinski definition) is 0. The Morgan fingerprint density at radius 3 is 1.58 bits per heavy atom. The SMILES string of the molecule is CO[Si](CCCC[n+]1ccc(C)cc1)(OC)OC.O=S(=O)([N-]S(=O)(=O)C(F)(F)F)C(F)(F)F. The third kappa shape index (κ3) is 10.2. The number of nitrogens with zero attached hydrogens (tertiary/aromatic N) is 2. The van der Waals surface area contributed by atoms with E-state index in [1.807, 2.05) is 0 Å². The van der Waals surface area contributed by atoms with Crippen molar-refractivity contribution in [2.45, 2.75) is 43.4 Å². The van der Waals surface area contributed by atoms with Gasteiger partial charge in [-0.05, 0) is 18.9 Å². The highest BCUT2D eigenvalue weighted by atomic mass is 32.3. The summed E-state index contributed by atoms with van der Waals surface area (Å²) in [6, 6.07) is 5.11. The van der Waals surface area contributed by atoms with Gasteiger partial charge in [-0.15, -0.1) is 0 Å². The zero-order valence-electron chi connectivity index (χ0n) is 18.0. The van der Waals surface area contributed by atoms with Gasteiger partial charge in [0.05, 0.1) is 0 Å². The molecule has 0 aliphatic rings. The van der Waals surface area contributed by atoms with Crippen LogP contribution >= 0.6 is 0 Å². The van der Waals surface area contributed by atoms with Crippen molar-refractivity contribution in [3.63, 3.8) is 0 Å². The summed E-state index contributed by atoms with van der Waals surface area (Å²) in [4.78, 5) is 0. The van der Waals surface area contributed by atoms with E-state index in [0.717, 1.165) is 29.6 Å². The maximum Gasteiger partial charge on any atom is 0.500 e. The molecule has 0 spiro atoms.